The highest BCUT2D eigenvalue weighted by Crippen LogP contribution is 2.41. The van der Waals surface area contributed by atoms with E-state index in [0.29, 0.717) is 5.75 Å². The number of benzene rings is 3. The van der Waals surface area contributed by atoms with Crippen LogP contribution in [0, 0.1) is 0 Å². The molecule has 5 rings (SSSR count). The van der Waals surface area contributed by atoms with Crippen molar-refractivity contribution in [1.82, 2.24) is 9.55 Å². The number of ether oxygens (including phenoxy) is 3. The summed E-state index contributed by atoms with van der Waals surface area (Å²) in [5.74, 6) is 0.922. The molecule has 1 aliphatic rings. The number of nitrogens with zero attached hydrogens (tertiary/aromatic N) is 2. The lowest BCUT2D eigenvalue weighted by Gasteiger charge is -2.37. The second-order valence-electron chi connectivity index (χ2n) is 9.89. The van der Waals surface area contributed by atoms with Gasteiger partial charge in [-0.05, 0) is 34.9 Å². The van der Waals surface area contributed by atoms with E-state index >= 15 is 4.39 Å². The Hall–Kier alpha value is -4.09. The number of aliphatic hydroxyl groups excluding tert-OH is 2. The molecule has 41 heavy (non-hydrogen) atoms. The smallest absolute Gasteiger partial charge is 0.351 e. The maximum atomic E-state index is 15.2. The van der Waals surface area contributed by atoms with Crippen molar-refractivity contribution < 1.29 is 28.8 Å². The van der Waals surface area contributed by atoms with Crippen molar-refractivity contribution in [3.63, 3.8) is 0 Å². The Bertz CT molecular complexity index is 1460. The molecular formula is C31H32FN3O6. The van der Waals surface area contributed by atoms with Gasteiger partial charge < -0.3 is 29.7 Å². The highest BCUT2D eigenvalue weighted by Gasteiger charge is 2.56. The normalized spacial score (nSPS) is 22.4. The molecule has 4 aromatic rings. The van der Waals surface area contributed by atoms with Gasteiger partial charge in [0, 0.05) is 13.3 Å². The van der Waals surface area contributed by atoms with Crippen molar-refractivity contribution in [2.24, 2.45) is 0 Å². The monoisotopic (exact) mass is 561 g/mol. The summed E-state index contributed by atoms with van der Waals surface area (Å²) in [6.07, 6.45) is -3.85. The quantitative estimate of drug-likeness (QED) is 0.253. The van der Waals surface area contributed by atoms with Crippen LogP contribution >= 0.6 is 0 Å². The summed E-state index contributed by atoms with van der Waals surface area (Å²) < 4.78 is 32.3. The maximum absolute atomic E-state index is 15.2. The number of aliphatic hydroxyl groups is 2. The number of alkyl halides is 1. The zero-order chi connectivity index (χ0) is 29.0. The van der Waals surface area contributed by atoms with Crippen molar-refractivity contribution in [3.05, 3.63) is 124 Å². The highest BCUT2D eigenvalue weighted by molar-refractivity contribution is 5.58. The molecule has 0 bridgehead atoms. The number of rotatable bonds is 10. The third kappa shape index (κ3) is 5.11. The van der Waals surface area contributed by atoms with Crippen LogP contribution in [-0.4, -0.2) is 65.1 Å². The summed E-state index contributed by atoms with van der Waals surface area (Å²) in [5.41, 5.74) is -0.848. The lowest BCUT2D eigenvalue weighted by Crippen LogP contribution is -2.49. The van der Waals surface area contributed by atoms with Gasteiger partial charge in [-0.25, -0.2) is 9.18 Å². The number of halogens is 1. The molecular weight excluding hydrogens is 529 g/mol. The average Bonchev–Trinajstić information content (AvgIpc) is 3.26. The topological polar surface area (TPSA) is 115 Å². The molecule has 3 N–H and O–H groups in total. The fraction of sp³-hybridized carbons (Fsp3) is 0.290. The molecule has 214 valence electrons. The van der Waals surface area contributed by atoms with E-state index in [4.69, 9.17) is 14.2 Å². The van der Waals surface area contributed by atoms with Crippen LogP contribution in [0.2, 0.25) is 0 Å². The van der Waals surface area contributed by atoms with Gasteiger partial charge in [-0.1, -0.05) is 72.8 Å². The fourth-order valence-corrected chi connectivity index (χ4v) is 5.37. The molecule has 0 aliphatic carbocycles. The largest absolute Gasteiger partial charge is 0.497 e. The molecule has 1 fully saturated rings. The minimum Gasteiger partial charge on any atom is -0.497 e. The molecule has 0 unspecified atom stereocenters. The Kier molecular flexibility index (Phi) is 8.18. The third-order valence-electron chi connectivity index (χ3n) is 7.48. The van der Waals surface area contributed by atoms with Crippen LogP contribution in [0.4, 0.5) is 10.2 Å². The Morgan fingerprint density at radius 1 is 0.976 bits per heavy atom. The Morgan fingerprint density at radius 3 is 2.07 bits per heavy atom. The van der Waals surface area contributed by atoms with Crippen LogP contribution in [0.25, 0.3) is 0 Å². The molecule has 0 spiro atoms. The zero-order valence-corrected chi connectivity index (χ0v) is 22.7. The average molecular weight is 562 g/mol. The summed E-state index contributed by atoms with van der Waals surface area (Å²) in [6, 6.07) is 28.7. The van der Waals surface area contributed by atoms with E-state index in [9.17, 15) is 15.0 Å². The van der Waals surface area contributed by atoms with Gasteiger partial charge in [0.2, 0.25) is 0 Å². The minimum atomic E-state index is -2.00. The van der Waals surface area contributed by atoms with E-state index in [1.165, 1.54) is 13.3 Å². The molecule has 0 amide bonds. The first-order valence-electron chi connectivity index (χ1n) is 13.1. The Labute approximate surface area is 236 Å². The zero-order valence-electron chi connectivity index (χ0n) is 22.7. The summed E-state index contributed by atoms with van der Waals surface area (Å²) in [6.45, 7) is -0.957. The van der Waals surface area contributed by atoms with E-state index in [-0.39, 0.29) is 12.4 Å². The predicted octanol–water partition coefficient (Wildman–Crippen LogP) is 3.26. The van der Waals surface area contributed by atoms with E-state index in [1.54, 1.807) is 13.2 Å². The first-order chi connectivity index (χ1) is 19.9. The van der Waals surface area contributed by atoms with Gasteiger partial charge in [0.15, 0.2) is 12.4 Å². The molecule has 0 radical (unpaired) electrons. The van der Waals surface area contributed by atoms with Gasteiger partial charge in [-0.3, -0.25) is 4.57 Å². The first kappa shape index (κ1) is 28.4. The van der Waals surface area contributed by atoms with Crippen molar-refractivity contribution in [2.45, 2.75) is 29.6 Å². The van der Waals surface area contributed by atoms with Crippen LogP contribution in [0.5, 0.6) is 5.75 Å². The van der Waals surface area contributed by atoms with Gasteiger partial charge in [-0.15, -0.1) is 0 Å². The van der Waals surface area contributed by atoms with Crippen LogP contribution in [-0.2, 0) is 15.0 Å². The molecule has 1 saturated heterocycles. The number of anilines is 1. The standard InChI is InChI=1S/C31H32FN3O6/c1-39-20-30(19-36)27(37)26(32)28(41-30)35-18-17-25(33-29(35)38)34-31(21-9-5-3-6-10-21,22-11-7-4-8-12-22)23-13-15-24(40-2)16-14-23/h3-18,26-28,36-37H,19-20H2,1-2H3,(H,33,34,38)/t26-,27+,28-,30+/m1/s1. The third-order valence-corrected chi connectivity index (χ3v) is 7.48. The van der Waals surface area contributed by atoms with Gasteiger partial charge in [0.25, 0.3) is 0 Å². The number of hydrogen-bond donors (Lipinski definition) is 3. The lowest BCUT2D eigenvalue weighted by atomic mass is 9.77. The summed E-state index contributed by atoms with van der Waals surface area (Å²) in [7, 11) is 2.94. The number of methoxy groups -OCH3 is 2. The van der Waals surface area contributed by atoms with Crippen molar-refractivity contribution in [1.29, 1.82) is 0 Å². The van der Waals surface area contributed by atoms with E-state index in [1.807, 2.05) is 84.9 Å². The maximum Gasteiger partial charge on any atom is 0.351 e. The SMILES string of the molecule is COC[C@]1(CO)O[C@@H](n2ccc(NC(c3ccccc3)(c3ccccc3)c3ccc(OC)cc3)nc2=O)[C@H](F)[C@@H]1O. The molecule has 4 atom stereocenters. The van der Waals surface area contributed by atoms with E-state index in [0.717, 1.165) is 21.3 Å². The van der Waals surface area contributed by atoms with Crippen LogP contribution in [0.1, 0.15) is 22.9 Å². The molecule has 2 heterocycles. The second kappa shape index (κ2) is 11.8. The van der Waals surface area contributed by atoms with Crippen LogP contribution < -0.4 is 15.7 Å². The summed E-state index contributed by atoms with van der Waals surface area (Å²) in [4.78, 5) is 17.5. The first-order valence-corrected chi connectivity index (χ1v) is 13.1. The molecule has 9 nitrogen and oxygen atoms in total. The van der Waals surface area contributed by atoms with Crippen LogP contribution in [0.15, 0.2) is 102 Å². The van der Waals surface area contributed by atoms with E-state index < -0.39 is 41.9 Å². The van der Waals surface area contributed by atoms with Gasteiger partial charge in [0.05, 0.1) is 20.3 Å². The fourth-order valence-electron chi connectivity index (χ4n) is 5.37. The van der Waals surface area contributed by atoms with Gasteiger partial charge in [-0.2, -0.15) is 4.98 Å². The van der Waals surface area contributed by atoms with E-state index in [2.05, 4.69) is 10.3 Å². The number of nitrogens with one attached hydrogen (secondary N) is 1. The second-order valence-corrected chi connectivity index (χ2v) is 9.89. The molecule has 0 saturated carbocycles. The van der Waals surface area contributed by atoms with Gasteiger partial charge >= 0.3 is 5.69 Å². The minimum absolute atomic E-state index is 0.231. The summed E-state index contributed by atoms with van der Waals surface area (Å²) in [5, 5.41) is 23.8. The van der Waals surface area contributed by atoms with Crippen molar-refractivity contribution in [2.75, 3.05) is 32.8 Å². The van der Waals surface area contributed by atoms with Crippen molar-refractivity contribution in [3.8, 4) is 5.75 Å². The van der Waals surface area contributed by atoms with Crippen LogP contribution in [0.3, 0.4) is 0 Å². The predicted molar refractivity (Wildman–Crippen MR) is 151 cm³/mol. The van der Waals surface area contributed by atoms with Crippen molar-refractivity contribution >= 4 is 5.82 Å². The molecule has 10 heteroatoms. The lowest BCUT2D eigenvalue weighted by molar-refractivity contribution is -0.156. The molecule has 1 aliphatic heterocycles. The number of aromatic nitrogens is 2. The highest BCUT2D eigenvalue weighted by atomic mass is 19.1. The van der Waals surface area contributed by atoms with Gasteiger partial charge in [0.1, 0.15) is 28.8 Å². The molecule has 1 aromatic heterocycles. The number of hydrogen-bond acceptors (Lipinski definition) is 8. The Balaban J connectivity index is 1.60. The molecule has 3 aromatic carbocycles. The summed E-state index contributed by atoms with van der Waals surface area (Å²) >= 11 is 0. The Morgan fingerprint density at radius 2 is 1.56 bits per heavy atom.